The fourth-order valence-corrected chi connectivity index (χ4v) is 8.85. The largest absolute Gasteiger partial charge is 0.504 e. The predicted molar refractivity (Wildman–Crippen MR) is 170 cm³/mol. The van der Waals surface area contributed by atoms with E-state index in [9.17, 15) is 42.3 Å². The number of phenols is 1. The highest BCUT2D eigenvalue weighted by molar-refractivity contribution is 6.58. The van der Waals surface area contributed by atoms with Gasteiger partial charge in [0.2, 0.25) is 17.6 Å². The SMILES string of the molecule is COc1cc([C@H]2C3=CC[C@@H]4C(=O)N(c5ccc(C(C)=O)cc5)C(=O)[C@@H]4[C@@H]3C[C@@]3(Cl)C(=O)N(c4c(F)c(F)c(F)c(F)c4F)C(=O)[C@@]23Cl)ccc1O. The lowest BCUT2D eigenvalue weighted by Crippen LogP contribution is -2.60. The topological polar surface area (TPSA) is 121 Å². The number of methoxy groups -OCH3 is 1. The Morgan fingerprint density at radius 3 is 2.04 bits per heavy atom. The van der Waals surface area contributed by atoms with Crippen LogP contribution in [0.4, 0.5) is 33.3 Å². The van der Waals surface area contributed by atoms with Crippen molar-refractivity contribution in [2.24, 2.45) is 17.8 Å². The Bertz CT molecular complexity index is 2140. The number of hydrogen-bond acceptors (Lipinski definition) is 7. The molecule has 0 spiro atoms. The summed E-state index contributed by atoms with van der Waals surface area (Å²) in [6.07, 6.45) is 0.798. The highest BCUT2D eigenvalue weighted by Crippen LogP contribution is 2.66. The van der Waals surface area contributed by atoms with Crippen LogP contribution in [-0.4, -0.2) is 51.4 Å². The number of benzene rings is 3. The number of Topliss-reactive ketones (excluding diaryl/α,β-unsaturated/α-hetero) is 1. The number of phenolic OH excluding ortho intramolecular Hbond substituents is 1. The van der Waals surface area contributed by atoms with Crippen molar-refractivity contribution < 1.29 is 55.8 Å². The summed E-state index contributed by atoms with van der Waals surface area (Å²) in [5.41, 5.74) is -1.12. The highest BCUT2D eigenvalue weighted by atomic mass is 35.5. The van der Waals surface area contributed by atoms with Gasteiger partial charge in [-0.2, -0.15) is 0 Å². The first-order valence-electron chi connectivity index (χ1n) is 15.3. The minimum absolute atomic E-state index is 0.0629. The zero-order chi connectivity index (χ0) is 37.1. The molecule has 4 amide bonds. The maximum atomic E-state index is 15.2. The normalized spacial score (nSPS) is 28.5. The lowest BCUT2D eigenvalue weighted by atomic mass is 9.56. The summed E-state index contributed by atoms with van der Waals surface area (Å²) in [4.78, 5) is 63.7. The second kappa shape index (κ2) is 11.6. The smallest absolute Gasteiger partial charge is 0.258 e. The summed E-state index contributed by atoms with van der Waals surface area (Å²) in [6.45, 7) is 1.34. The standard InChI is InChI=1S/C35H23Cl2F5N2O7/c1-13(45)14-3-6-16(7-4-14)43-30(47)18-9-8-17-19(22(18)31(43)48)12-34(36)32(49)44(29-27(41)25(39)24(38)26(40)28(29)42)33(50)35(34,37)23(17)15-5-10-20(46)21(11-15)51-2/h3-8,10-11,18-19,22-23,46H,9,12H2,1-2H3/t18-,19+,22-,23-,34+,35-/m0/s1. The van der Waals surface area contributed by atoms with E-state index in [1.807, 2.05) is 0 Å². The van der Waals surface area contributed by atoms with E-state index in [0.717, 1.165) is 4.90 Å². The Kier molecular flexibility index (Phi) is 7.88. The molecule has 2 aliphatic heterocycles. The number of anilines is 2. The molecule has 3 aromatic rings. The molecule has 2 saturated heterocycles. The molecule has 2 heterocycles. The summed E-state index contributed by atoms with van der Waals surface area (Å²) in [6, 6.07) is 9.41. The van der Waals surface area contributed by atoms with Gasteiger partial charge in [-0.1, -0.05) is 17.7 Å². The van der Waals surface area contributed by atoms with Gasteiger partial charge in [0.05, 0.1) is 24.6 Å². The lowest BCUT2D eigenvalue weighted by Gasteiger charge is -2.50. The van der Waals surface area contributed by atoms with Crippen LogP contribution in [-0.2, 0) is 19.2 Å². The fraction of sp³-hybridized carbons (Fsp3) is 0.286. The van der Waals surface area contributed by atoms with Gasteiger partial charge in [0.15, 0.2) is 50.3 Å². The molecule has 3 fully saturated rings. The van der Waals surface area contributed by atoms with Crippen LogP contribution in [0, 0.1) is 46.8 Å². The molecule has 51 heavy (non-hydrogen) atoms. The van der Waals surface area contributed by atoms with Gasteiger partial charge in [0, 0.05) is 11.5 Å². The van der Waals surface area contributed by atoms with E-state index in [4.69, 9.17) is 27.9 Å². The van der Waals surface area contributed by atoms with Crippen molar-refractivity contribution in [3.05, 3.63) is 94.3 Å². The van der Waals surface area contributed by atoms with Crippen LogP contribution >= 0.6 is 23.2 Å². The first-order valence-corrected chi connectivity index (χ1v) is 16.1. The quantitative estimate of drug-likeness (QED) is 0.0640. The average molecular weight is 749 g/mol. The first kappa shape index (κ1) is 34.6. The third-order valence-corrected chi connectivity index (χ3v) is 11.7. The summed E-state index contributed by atoms with van der Waals surface area (Å²) in [5.74, 6) is -22.6. The van der Waals surface area contributed by atoms with Gasteiger partial charge in [-0.3, -0.25) is 28.9 Å². The van der Waals surface area contributed by atoms with Crippen molar-refractivity contribution in [3.8, 4) is 11.5 Å². The minimum Gasteiger partial charge on any atom is -0.504 e. The number of rotatable bonds is 5. The molecular weight excluding hydrogens is 726 g/mol. The Hall–Kier alpha value is -4.82. The van der Waals surface area contributed by atoms with Crippen molar-refractivity contribution >= 4 is 64.0 Å². The molecular formula is C35H23Cl2F5N2O7. The Morgan fingerprint density at radius 1 is 0.843 bits per heavy atom. The van der Waals surface area contributed by atoms with Gasteiger partial charge in [-0.15, -0.1) is 23.2 Å². The van der Waals surface area contributed by atoms with Crippen molar-refractivity contribution in [2.45, 2.75) is 35.4 Å². The van der Waals surface area contributed by atoms with Gasteiger partial charge < -0.3 is 9.84 Å². The number of ether oxygens (including phenoxy) is 1. The van der Waals surface area contributed by atoms with Crippen LogP contribution in [0.2, 0.25) is 0 Å². The second-order valence-electron chi connectivity index (χ2n) is 12.7. The minimum atomic E-state index is -2.73. The van der Waals surface area contributed by atoms with Crippen LogP contribution in [0.5, 0.6) is 11.5 Å². The molecule has 0 radical (unpaired) electrons. The monoisotopic (exact) mass is 748 g/mol. The van der Waals surface area contributed by atoms with Crippen molar-refractivity contribution in [1.29, 1.82) is 0 Å². The third kappa shape index (κ3) is 4.48. The third-order valence-electron chi connectivity index (χ3n) is 10.3. The molecule has 7 rings (SSSR count). The van der Waals surface area contributed by atoms with E-state index in [1.165, 1.54) is 56.5 Å². The van der Waals surface area contributed by atoms with Gasteiger partial charge >= 0.3 is 0 Å². The number of nitrogens with zero attached hydrogens (tertiary/aromatic N) is 2. The van der Waals surface area contributed by atoms with Crippen LogP contribution in [0.25, 0.3) is 0 Å². The van der Waals surface area contributed by atoms with Gasteiger partial charge in [0.25, 0.3) is 11.8 Å². The van der Waals surface area contributed by atoms with Crippen molar-refractivity contribution in [2.75, 3.05) is 16.9 Å². The molecule has 0 aromatic heterocycles. The summed E-state index contributed by atoms with van der Waals surface area (Å²) in [7, 11) is 1.21. The van der Waals surface area contributed by atoms with Gasteiger partial charge in [0.1, 0.15) is 5.69 Å². The highest BCUT2D eigenvalue weighted by Gasteiger charge is 2.77. The summed E-state index contributed by atoms with van der Waals surface area (Å²) >= 11 is 14.2. The predicted octanol–water partition coefficient (Wildman–Crippen LogP) is 6.07. The van der Waals surface area contributed by atoms with E-state index >= 15 is 8.78 Å². The Morgan fingerprint density at radius 2 is 1.45 bits per heavy atom. The number of alkyl halides is 2. The van der Waals surface area contributed by atoms with Crippen LogP contribution in [0.3, 0.4) is 0 Å². The zero-order valence-corrected chi connectivity index (χ0v) is 27.8. The molecule has 9 nitrogen and oxygen atoms in total. The number of allylic oxidation sites excluding steroid dienone is 2. The Labute approximate surface area is 295 Å². The fourth-order valence-electron chi connectivity index (χ4n) is 7.91. The maximum absolute atomic E-state index is 15.2. The average Bonchev–Trinajstić information content (AvgIpc) is 3.45. The number of ketones is 1. The molecule has 1 N–H and O–H groups in total. The molecule has 1 saturated carbocycles. The number of amides is 4. The summed E-state index contributed by atoms with van der Waals surface area (Å²) in [5, 5.41) is 10.3. The number of imide groups is 2. The van der Waals surface area contributed by atoms with E-state index in [2.05, 4.69) is 0 Å². The second-order valence-corrected chi connectivity index (χ2v) is 14.0. The molecule has 0 bridgehead atoms. The first-order chi connectivity index (χ1) is 24.0. The van der Waals surface area contributed by atoms with Crippen LogP contribution < -0.4 is 14.5 Å². The van der Waals surface area contributed by atoms with Crippen LogP contribution in [0.1, 0.15) is 41.6 Å². The molecule has 264 valence electrons. The van der Waals surface area contributed by atoms with Gasteiger partial charge in [-0.05, 0) is 67.6 Å². The lowest BCUT2D eigenvalue weighted by molar-refractivity contribution is -0.125. The number of carbonyl (C=O) groups excluding carboxylic acids is 5. The maximum Gasteiger partial charge on any atom is 0.258 e. The van der Waals surface area contributed by atoms with E-state index in [0.29, 0.717) is 5.56 Å². The van der Waals surface area contributed by atoms with E-state index in [-0.39, 0.29) is 45.4 Å². The van der Waals surface area contributed by atoms with Crippen molar-refractivity contribution in [1.82, 2.24) is 0 Å². The molecule has 4 aliphatic rings. The van der Waals surface area contributed by atoms with Crippen LogP contribution in [0.15, 0.2) is 54.1 Å². The molecule has 6 atom stereocenters. The van der Waals surface area contributed by atoms with E-state index in [1.54, 1.807) is 6.08 Å². The number of fused-ring (bicyclic) bond motifs is 4. The number of aromatic hydroxyl groups is 1. The van der Waals surface area contributed by atoms with Gasteiger partial charge in [-0.25, -0.2) is 26.9 Å². The molecule has 0 unspecified atom stereocenters. The molecule has 3 aromatic carbocycles. The number of carbonyl (C=O) groups is 5. The number of halogens is 7. The Balaban J connectivity index is 1.42. The molecule has 2 aliphatic carbocycles. The summed E-state index contributed by atoms with van der Waals surface area (Å²) < 4.78 is 78.5. The number of hydrogen-bond donors (Lipinski definition) is 1. The molecule has 16 heteroatoms. The zero-order valence-electron chi connectivity index (χ0n) is 26.3. The van der Waals surface area contributed by atoms with E-state index < -0.39 is 98.2 Å². The van der Waals surface area contributed by atoms with Crippen molar-refractivity contribution in [3.63, 3.8) is 0 Å².